The number of fused-ring (bicyclic) bond motifs is 1. The minimum atomic E-state index is -0.226. The summed E-state index contributed by atoms with van der Waals surface area (Å²) in [6, 6.07) is 12.3. The van der Waals surface area contributed by atoms with E-state index >= 15 is 0 Å². The van der Waals surface area contributed by atoms with E-state index in [0.717, 1.165) is 24.3 Å². The Bertz CT molecular complexity index is 945. The van der Waals surface area contributed by atoms with E-state index in [1.54, 1.807) is 14.0 Å². The average molecular weight is 440 g/mol. The molecule has 0 saturated heterocycles. The summed E-state index contributed by atoms with van der Waals surface area (Å²) in [4.78, 5) is 26.1. The van der Waals surface area contributed by atoms with E-state index in [1.165, 1.54) is 22.3 Å². The van der Waals surface area contributed by atoms with Gasteiger partial charge in [-0.2, -0.15) is 0 Å². The van der Waals surface area contributed by atoms with Crippen molar-refractivity contribution in [3.8, 4) is 16.9 Å². The third kappa shape index (κ3) is 5.79. The van der Waals surface area contributed by atoms with Gasteiger partial charge in [-0.3, -0.25) is 4.79 Å². The van der Waals surface area contributed by atoms with Crippen molar-refractivity contribution in [1.82, 2.24) is 15.5 Å². The molecular formula is C25H33N3O4. The smallest absolute Gasteiger partial charge is 0.317 e. The highest BCUT2D eigenvalue weighted by Crippen LogP contribution is 2.34. The summed E-state index contributed by atoms with van der Waals surface area (Å²) >= 11 is 0. The molecule has 0 fully saturated rings. The molecule has 7 heteroatoms. The van der Waals surface area contributed by atoms with Crippen LogP contribution in [0.1, 0.15) is 36.5 Å². The predicted molar refractivity (Wildman–Crippen MR) is 125 cm³/mol. The van der Waals surface area contributed by atoms with Crippen LogP contribution in [0.5, 0.6) is 5.75 Å². The summed E-state index contributed by atoms with van der Waals surface area (Å²) in [5.41, 5.74) is 6.00. The maximum atomic E-state index is 12.8. The Kier molecular flexibility index (Phi) is 8.50. The molecule has 2 aromatic carbocycles. The molecule has 2 N–H and O–H groups in total. The minimum absolute atomic E-state index is 0.0956. The van der Waals surface area contributed by atoms with E-state index in [4.69, 9.17) is 9.47 Å². The lowest BCUT2D eigenvalue weighted by Gasteiger charge is -2.32. The molecule has 0 unspecified atom stereocenters. The van der Waals surface area contributed by atoms with Gasteiger partial charge in [0.15, 0.2) is 0 Å². The number of carbonyl (C=O) groups is 2. The van der Waals surface area contributed by atoms with Crippen LogP contribution in [0.3, 0.4) is 0 Å². The SMILES string of the molecule is CCOC(=O)CCCNC(=O)N1CCc2c(-c3cccc(OC)c3)ccc(CNC)c2C1. The maximum Gasteiger partial charge on any atom is 0.317 e. The van der Waals surface area contributed by atoms with Gasteiger partial charge in [0.2, 0.25) is 0 Å². The molecule has 0 radical (unpaired) electrons. The lowest BCUT2D eigenvalue weighted by atomic mass is 9.87. The summed E-state index contributed by atoms with van der Waals surface area (Å²) in [6.45, 7) is 4.58. The van der Waals surface area contributed by atoms with Gasteiger partial charge in [0.05, 0.1) is 13.7 Å². The molecule has 7 nitrogen and oxygen atoms in total. The Morgan fingerprint density at radius 1 is 1.16 bits per heavy atom. The van der Waals surface area contributed by atoms with Crippen molar-refractivity contribution in [1.29, 1.82) is 0 Å². The third-order valence-corrected chi connectivity index (χ3v) is 5.68. The van der Waals surface area contributed by atoms with Crippen LogP contribution in [0, 0.1) is 0 Å². The molecule has 0 aromatic heterocycles. The summed E-state index contributed by atoms with van der Waals surface area (Å²) in [5, 5.41) is 6.18. The van der Waals surface area contributed by atoms with E-state index in [-0.39, 0.29) is 12.0 Å². The molecule has 0 spiro atoms. The van der Waals surface area contributed by atoms with Crippen molar-refractivity contribution in [2.75, 3.05) is 33.9 Å². The first-order valence-electron chi connectivity index (χ1n) is 11.2. The van der Waals surface area contributed by atoms with Gasteiger partial charge in [-0.1, -0.05) is 24.3 Å². The van der Waals surface area contributed by atoms with Crippen LogP contribution in [-0.2, 0) is 29.0 Å². The Morgan fingerprint density at radius 2 is 2.00 bits per heavy atom. The lowest BCUT2D eigenvalue weighted by Crippen LogP contribution is -2.43. The Balaban J connectivity index is 1.73. The molecule has 0 aliphatic carbocycles. The second-order valence-electron chi connectivity index (χ2n) is 7.80. The molecule has 172 valence electrons. The van der Waals surface area contributed by atoms with Gasteiger partial charge >= 0.3 is 12.0 Å². The fraction of sp³-hybridized carbons (Fsp3) is 0.440. The van der Waals surface area contributed by atoms with Crippen LogP contribution < -0.4 is 15.4 Å². The van der Waals surface area contributed by atoms with Crippen molar-refractivity contribution in [2.45, 2.75) is 39.3 Å². The Morgan fingerprint density at radius 3 is 2.75 bits per heavy atom. The molecule has 3 rings (SSSR count). The molecule has 1 aliphatic heterocycles. The first-order valence-corrected chi connectivity index (χ1v) is 11.2. The summed E-state index contributed by atoms with van der Waals surface area (Å²) < 4.78 is 10.3. The average Bonchev–Trinajstić information content (AvgIpc) is 2.82. The number of hydrogen-bond donors (Lipinski definition) is 2. The normalized spacial score (nSPS) is 12.8. The second-order valence-corrected chi connectivity index (χ2v) is 7.80. The highest BCUT2D eigenvalue weighted by Gasteiger charge is 2.25. The highest BCUT2D eigenvalue weighted by molar-refractivity contribution is 5.76. The predicted octanol–water partition coefficient (Wildman–Crippen LogP) is 3.49. The first kappa shape index (κ1) is 23.6. The molecular weight excluding hydrogens is 406 g/mol. The van der Waals surface area contributed by atoms with Gasteiger partial charge in [0, 0.05) is 32.6 Å². The van der Waals surface area contributed by atoms with E-state index in [0.29, 0.717) is 39.1 Å². The van der Waals surface area contributed by atoms with Crippen LogP contribution in [0.15, 0.2) is 36.4 Å². The molecule has 32 heavy (non-hydrogen) atoms. The largest absolute Gasteiger partial charge is 0.497 e. The number of ether oxygens (including phenoxy) is 2. The number of rotatable bonds is 9. The molecule has 2 aromatic rings. The molecule has 0 saturated carbocycles. The fourth-order valence-electron chi connectivity index (χ4n) is 4.10. The second kappa shape index (κ2) is 11.5. The standard InChI is InChI=1S/C25H33N3O4/c1-4-32-24(29)9-6-13-27-25(30)28-14-12-22-21(18-7-5-8-20(15-18)31-3)11-10-19(16-26-2)23(22)17-28/h5,7-8,10-11,15,26H,4,6,9,12-14,16-17H2,1-3H3,(H,27,30). The molecule has 1 heterocycles. The zero-order valence-corrected chi connectivity index (χ0v) is 19.2. The topological polar surface area (TPSA) is 79.9 Å². The quantitative estimate of drug-likeness (QED) is 0.462. The molecule has 0 atom stereocenters. The summed E-state index contributed by atoms with van der Waals surface area (Å²) in [5.74, 6) is 0.602. The third-order valence-electron chi connectivity index (χ3n) is 5.68. The summed E-state index contributed by atoms with van der Waals surface area (Å²) in [6.07, 6.45) is 1.67. The van der Waals surface area contributed by atoms with Crippen molar-refractivity contribution in [3.05, 3.63) is 53.1 Å². The number of benzene rings is 2. The lowest BCUT2D eigenvalue weighted by molar-refractivity contribution is -0.143. The van der Waals surface area contributed by atoms with Crippen molar-refractivity contribution in [3.63, 3.8) is 0 Å². The number of esters is 1. The number of amides is 2. The van der Waals surface area contributed by atoms with E-state index in [9.17, 15) is 9.59 Å². The van der Waals surface area contributed by atoms with Gasteiger partial charge in [-0.15, -0.1) is 0 Å². The monoisotopic (exact) mass is 439 g/mol. The number of hydrogen-bond acceptors (Lipinski definition) is 5. The van der Waals surface area contributed by atoms with Crippen molar-refractivity contribution >= 4 is 12.0 Å². The Hall–Kier alpha value is -3.06. The van der Waals surface area contributed by atoms with Crippen LogP contribution in [0.4, 0.5) is 4.79 Å². The van der Waals surface area contributed by atoms with Gasteiger partial charge in [0.1, 0.15) is 5.75 Å². The maximum absolute atomic E-state index is 12.8. The van der Waals surface area contributed by atoms with Crippen molar-refractivity contribution in [2.24, 2.45) is 0 Å². The molecule has 2 amide bonds. The van der Waals surface area contributed by atoms with Crippen LogP contribution in [-0.4, -0.2) is 50.8 Å². The number of methoxy groups -OCH3 is 1. The molecule has 1 aliphatic rings. The Labute approximate surface area is 190 Å². The fourth-order valence-corrected chi connectivity index (χ4v) is 4.10. The summed E-state index contributed by atoms with van der Waals surface area (Å²) in [7, 11) is 3.60. The zero-order valence-electron chi connectivity index (χ0n) is 19.2. The van der Waals surface area contributed by atoms with Crippen LogP contribution in [0.2, 0.25) is 0 Å². The zero-order chi connectivity index (χ0) is 22.9. The first-order chi connectivity index (χ1) is 15.6. The van der Waals surface area contributed by atoms with E-state index in [1.807, 2.05) is 24.1 Å². The van der Waals surface area contributed by atoms with Gasteiger partial charge in [-0.25, -0.2) is 4.79 Å². The number of nitrogens with zero attached hydrogens (tertiary/aromatic N) is 1. The van der Waals surface area contributed by atoms with Crippen LogP contribution >= 0.6 is 0 Å². The number of urea groups is 1. The van der Waals surface area contributed by atoms with Gasteiger partial charge in [-0.05, 0) is 66.8 Å². The van der Waals surface area contributed by atoms with E-state index in [2.05, 4.69) is 34.9 Å². The molecule has 0 bridgehead atoms. The van der Waals surface area contributed by atoms with Crippen molar-refractivity contribution < 1.29 is 19.1 Å². The number of nitrogens with one attached hydrogen (secondary N) is 2. The van der Waals surface area contributed by atoms with E-state index < -0.39 is 0 Å². The highest BCUT2D eigenvalue weighted by atomic mass is 16.5. The minimum Gasteiger partial charge on any atom is -0.497 e. The van der Waals surface area contributed by atoms with Gasteiger partial charge in [0.25, 0.3) is 0 Å². The number of carbonyl (C=O) groups excluding carboxylic acids is 2. The van der Waals surface area contributed by atoms with Crippen LogP contribution in [0.25, 0.3) is 11.1 Å². The van der Waals surface area contributed by atoms with Gasteiger partial charge < -0.3 is 25.0 Å².